The van der Waals surface area contributed by atoms with Crippen molar-refractivity contribution in [2.45, 2.75) is 62.9 Å². The number of rotatable bonds is 7. The van der Waals surface area contributed by atoms with E-state index in [0.29, 0.717) is 12.8 Å². The van der Waals surface area contributed by atoms with Crippen molar-refractivity contribution in [1.82, 2.24) is 10.6 Å². The molecule has 0 radical (unpaired) electrons. The second-order valence-corrected chi connectivity index (χ2v) is 10.1. The maximum absolute atomic E-state index is 12.5. The first-order valence-corrected chi connectivity index (χ1v) is 12.6. The summed E-state index contributed by atoms with van der Waals surface area (Å²) >= 11 is 0. The predicted molar refractivity (Wildman–Crippen MR) is 131 cm³/mol. The summed E-state index contributed by atoms with van der Waals surface area (Å²) in [6, 6.07) is 16.2. The van der Waals surface area contributed by atoms with E-state index in [0.717, 1.165) is 32.1 Å². The van der Waals surface area contributed by atoms with Gasteiger partial charge >= 0.3 is 12.1 Å². The number of carboxylic acids is 1. The van der Waals surface area contributed by atoms with Crippen molar-refractivity contribution in [2.24, 2.45) is 11.8 Å². The van der Waals surface area contributed by atoms with Crippen LogP contribution in [-0.4, -0.2) is 41.8 Å². The van der Waals surface area contributed by atoms with Gasteiger partial charge < -0.3 is 20.5 Å². The normalized spacial score (nSPS) is 25.0. The molecule has 2 fully saturated rings. The topological polar surface area (TPSA) is 105 Å². The number of hydrogen-bond acceptors (Lipinski definition) is 4. The number of carbonyl (C=O) groups is 3. The molecular formula is C28H32N2O5. The molecule has 3 aliphatic rings. The van der Waals surface area contributed by atoms with Gasteiger partial charge in [-0.1, -0.05) is 61.4 Å². The van der Waals surface area contributed by atoms with Crippen molar-refractivity contribution in [3.05, 3.63) is 59.7 Å². The van der Waals surface area contributed by atoms with Crippen LogP contribution in [0.25, 0.3) is 11.1 Å². The van der Waals surface area contributed by atoms with E-state index in [1.54, 1.807) is 0 Å². The molecule has 3 N–H and O–H groups in total. The molecular weight excluding hydrogens is 444 g/mol. The van der Waals surface area contributed by atoms with Crippen LogP contribution in [0.15, 0.2) is 48.5 Å². The Hall–Kier alpha value is -3.35. The van der Waals surface area contributed by atoms with Crippen LogP contribution >= 0.6 is 0 Å². The molecule has 5 rings (SSSR count). The van der Waals surface area contributed by atoms with E-state index in [2.05, 4.69) is 34.9 Å². The van der Waals surface area contributed by atoms with Gasteiger partial charge in [0.15, 0.2) is 0 Å². The highest BCUT2D eigenvalue weighted by molar-refractivity contribution is 5.80. The third kappa shape index (κ3) is 5.04. The number of fused-ring (bicyclic) bond motifs is 3. The maximum Gasteiger partial charge on any atom is 0.407 e. The standard InChI is InChI=1S/C28H32N2O5/c31-26(30-25-12-6-5-11-23(25)27(32)33)15-17-13-18(14-17)29-28(34)35-16-24-21-9-3-1-7-19(21)20-8-2-4-10-22(20)24/h1-4,7-10,17-18,23-25H,5-6,11-16H2,(H,29,34)(H,30,31)(H,32,33)/t17?,18?,23-,25+/m1/s1. The zero-order valence-electron chi connectivity index (χ0n) is 19.7. The molecule has 35 heavy (non-hydrogen) atoms. The first-order chi connectivity index (χ1) is 17.0. The summed E-state index contributed by atoms with van der Waals surface area (Å²) in [5, 5.41) is 15.3. The van der Waals surface area contributed by atoms with Crippen molar-refractivity contribution in [3.8, 4) is 11.1 Å². The Kier molecular flexibility index (Phi) is 6.75. The molecule has 2 amide bonds. The van der Waals surface area contributed by atoms with Crippen LogP contribution in [0.3, 0.4) is 0 Å². The lowest BCUT2D eigenvalue weighted by Crippen LogP contribution is -2.48. The van der Waals surface area contributed by atoms with Gasteiger partial charge in [-0.05, 0) is 53.9 Å². The van der Waals surface area contributed by atoms with Crippen molar-refractivity contribution < 1.29 is 24.2 Å². The highest BCUT2D eigenvalue weighted by Crippen LogP contribution is 2.44. The quantitative estimate of drug-likeness (QED) is 0.548. The number of carboxylic acid groups (broad SMARTS) is 1. The molecule has 2 saturated carbocycles. The molecule has 0 unspecified atom stereocenters. The first kappa shape index (κ1) is 23.4. The molecule has 0 bridgehead atoms. The van der Waals surface area contributed by atoms with Gasteiger partial charge in [0.2, 0.25) is 5.91 Å². The zero-order chi connectivity index (χ0) is 24.4. The average molecular weight is 477 g/mol. The number of alkyl carbamates (subject to hydrolysis) is 1. The fraction of sp³-hybridized carbons (Fsp3) is 0.464. The first-order valence-electron chi connectivity index (χ1n) is 12.6. The van der Waals surface area contributed by atoms with Gasteiger partial charge in [0.1, 0.15) is 6.61 Å². The van der Waals surface area contributed by atoms with Crippen LogP contribution in [0.2, 0.25) is 0 Å². The molecule has 2 aromatic rings. The van der Waals surface area contributed by atoms with E-state index in [1.165, 1.54) is 22.3 Å². The molecule has 2 aromatic carbocycles. The molecule has 3 aliphatic carbocycles. The maximum atomic E-state index is 12.5. The summed E-state index contributed by atoms with van der Waals surface area (Å²) in [4.78, 5) is 36.3. The van der Waals surface area contributed by atoms with E-state index < -0.39 is 18.0 Å². The molecule has 0 heterocycles. The lowest BCUT2D eigenvalue weighted by atomic mass is 9.78. The van der Waals surface area contributed by atoms with Gasteiger partial charge in [-0.25, -0.2) is 4.79 Å². The Bertz CT molecular complexity index is 1060. The van der Waals surface area contributed by atoms with Crippen LogP contribution in [0, 0.1) is 11.8 Å². The highest BCUT2D eigenvalue weighted by atomic mass is 16.5. The van der Waals surface area contributed by atoms with E-state index in [-0.39, 0.29) is 36.4 Å². The fourth-order valence-electron chi connectivity index (χ4n) is 5.95. The van der Waals surface area contributed by atoms with Gasteiger partial charge in [-0.2, -0.15) is 0 Å². The van der Waals surface area contributed by atoms with E-state index in [4.69, 9.17) is 4.74 Å². The third-order valence-electron chi connectivity index (χ3n) is 7.80. The number of nitrogens with one attached hydrogen (secondary N) is 2. The Morgan fingerprint density at radius 2 is 1.51 bits per heavy atom. The van der Waals surface area contributed by atoms with Gasteiger partial charge in [-0.3, -0.25) is 9.59 Å². The summed E-state index contributed by atoms with van der Waals surface area (Å²) in [6.07, 6.45) is 4.58. The third-order valence-corrected chi connectivity index (χ3v) is 7.80. The minimum absolute atomic E-state index is 0.00454. The zero-order valence-corrected chi connectivity index (χ0v) is 19.7. The minimum Gasteiger partial charge on any atom is -0.481 e. The van der Waals surface area contributed by atoms with Crippen LogP contribution in [0.4, 0.5) is 4.79 Å². The predicted octanol–water partition coefficient (Wildman–Crippen LogP) is 4.45. The minimum atomic E-state index is -0.828. The van der Waals surface area contributed by atoms with Gasteiger partial charge in [0.25, 0.3) is 0 Å². The summed E-state index contributed by atoms with van der Waals surface area (Å²) in [7, 11) is 0. The molecule has 0 aliphatic heterocycles. The van der Waals surface area contributed by atoms with Crippen LogP contribution < -0.4 is 10.6 Å². The highest BCUT2D eigenvalue weighted by Gasteiger charge is 2.36. The van der Waals surface area contributed by atoms with E-state index >= 15 is 0 Å². The van der Waals surface area contributed by atoms with Crippen molar-refractivity contribution >= 4 is 18.0 Å². The number of ether oxygens (including phenoxy) is 1. The summed E-state index contributed by atoms with van der Waals surface area (Å²) in [6.45, 7) is 0.282. The average Bonchev–Trinajstić information content (AvgIpc) is 3.15. The monoisotopic (exact) mass is 476 g/mol. The van der Waals surface area contributed by atoms with Gasteiger partial charge in [0, 0.05) is 24.4 Å². The second-order valence-electron chi connectivity index (χ2n) is 10.1. The van der Waals surface area contributed by atoms with Crippen molar-refractivity contribution in [2.75, 3.05) is 6.61 Å². The SMILES string of the molecule is O=C(CC1CC(NC(=O)OCC2c3ccccc3-c3ccccc32)C1)N[C@H]1CCCC[C@H]1C(=O)O. The van der Waals surface area contributed by atoms with Gasteiger partial charge in [-0.15, -0.1) is 0 Å². The van der Waals surface area contributed by atoms with Crippen molar-refractivity contribution in [1.29, 1.82) is 0 Å². The molecule has 0 saturated heterocycles. The van der Waals surface area contributed by atoms with Crippen molar-refractivity contribution in [3.63, 3.8) is 0 Å². The smallest absolute Gasteiger partial charge is 0.407 e. The summed E-state index contributed by atoms with van der Waals surface area (Å²) in [5.74, 6) is -1.18. The second kappa shape index (κ2) is 10.1. The summed E-state index contributed by atoms with van der Waals surface area (Å²) in [5.41, 5.74) is 4.75. The van der Waals surface area contributed by atoms with Crippen LogP contribution in [-0.2, 0) is 14.3 Å². The van der Waals surface area contributed by atoms with E-state index in [9.17, 15) is 19.5 Å². The van der Waals surface area contributed by atoms with Crippen LogP contribution in [0.1, 0.15) is 62.0 Å². The molecule has 7 nitrogen and oxygen atoms in total. The number of aliphatic carboxylic acids is 1. The Labute approximate surface area is 205 Å². The largest absolute Gasteiger partial charge is 0.481 e. The Morgan fingerprint density at radius 1 is 0.886 bits per heavy atom. The lowest BCUT2D eigenvalue weighted by molar-refractivity contribution is -0.144. The van der Waals surface area contributed by atoms with Crippen LogP contribution in [0.5, 0.6) is 0 Å². The number of carbonyl (C=O) groups excluding carboxylic acids is 2. The number of hydrogen-bond donors (Lipinski definition) is 3. The fourth-order valence-corrected chi connectivity index (χ4v) is 5.95. The molecule has 0 aromatic heterocycles. The molecule has 7 heteroatoms. The number of amides is 2. The molecule has 2 atom stereocenters. The van der Waals surface area contributed by atoms with E-state index in [1.807, 2.05) is 24.3 Å². The Morgan fingerprint density at radius 3 is 2.17 bits per heavy atom. The lowest BCUT2D eigenvalue weighted by Gasteiger charge is -2.36. The molecule has 0 spiro atoms. The number of benzene rings is 2. The molecule has 184 valence electrons. The van der Waals surface area contributed by atoms with Gasteiger partial charge in [0.05, 0.1) is 5.92 Å². The summed E-state index contributed by atoms with van der Waals surface area (Å²) < 4.78 is 5.61. The Balaban J connectivity index is 1.06.